The maximum Gasteiger partial charge on any atom is 0.00728 e. The van der Waals surface area contributed by atoms with Crippen LogP contribution in [0.5, 0.6) is 0 Å². The van der Waals surface area contributed by atoms with Crippen molar-refractivity contribution in [1.82, 2.24) is 10.2 Å². The molecule has 0 aromatic rings. The van der Waals surface area contributed by atoms with E-state index < -0.39 is 0 Å². The highest BCUT2D eigenvalue weighted by Crippen LogP contribution is 2.33. The Bertz CT molecular complexity index is 254. The SMILES string of the molecule is CC1CCCCCN1CCC1CC2CCC(C1)N2. The first-order valence-electron chi connectivity index (χ1n) is 8.31. The first-order chi connectivity index (χ1) is 8.81. The van der Waals surface area contributed by atoms with Crippen LogP contribution in [0.1, 0.15) is 64.7 Å². The summed E-state index contributed by atoms with van der Waals surface area (Å²) in [5.41, 5.74) is 0. The molecule has 3 rings (SSSR count). The third-order valence-electron chi connectivity index (χ3n) is 5.59. The Hall–Kier alpha value is -0.0800. The number of hydrogen-bond donors (Lipinski definition) is 1. The van der Waals surface area contributed by atoms with Crippen molar-refractivity contribution < 1.29 is 0 Å². The standard InChI is InChI=1S/C16H30N2/c1-13-5-3-2-4-9-18(13)10-8-14-11-15-6-7-16(12-14)17-15/h13-17H,2-12H2,1H3. The highest BCUT2D eigenvalue weighted by Gasteiger charge is 2.33. The average molecular weight is 250 g/mol. The van der Waals surface area contributed by atoms with Crippen molar-refractivity contribution >= 4 is 0 Å². The third-order valence-corrected chi connectivity index (χ3v) is 5.59. The molecule has 0 aromatic carbocycles. The van der Waals surface area contributed by atoms with Crippen LogP contribution in [0.4, 0.5) is 0 Å². The zero-order valence-electron chi connectivity index (χ0n) is 12.0. The second-order valence-corrected chi connectivity index (χ2v) is 7.00. The molecule has 2 bridgehead atoms. The number of nitrogens with one attached hydrogen (secondary N) is 1. The quantitative estimate of drug-likeness (QED) is 0.827. The molecule has 3 heterocycles. The van der Waals surface area contributed by atoms with Crippen molar-refractivity contribution in [1.29, 1.82) is 0 Å². The van der Waals surface area contributed by atoms with Gasteiger partial charge in [-0.15, -0.1) is 0 Å². The van der Waals surface area contributed by atoms with Gasteiger partial charge in [-0.3, -0.25) is 0 Å². The van der Waals surface area contributed by atoms with Crippen LogP contribution in [0, 0.1) is 5.92 Å². The number of hydrogen-bond acceptors (Lipinski definition) is 2. The molecule has 3 fully saturated rings. The van der Waals surface area contributed by atoms with Crippen molar-refractivity contribution in [3.8, 4) is 0 Å². The molecule has 0 aliphatic carbocycles. The smallest absolute Gasteiger partial charge is 0.00728 e. The molecule has 18 heavy (non-hydrogen) atoms. The maximum atomic E-state index is 3.76. The van der Waals surface area contributed by atoms with E-state index in [9.17, 15) is 0 Å². The van der Waals surface area contributed by atoms with Crippen molar-refractivity contribution in [3.05, 3.63) is 0 Å². The largest absolute Gasteiger partial charge is 0.311 e. The van der Waals surface area contributed by atoms with Gasteiger partial charge in [-0.1, -0.05) is 12.8 Å². The first-order valence-corrected chi connectivity index (χ1v) is 8.31. The van der Waals surface area contributed by atoms with Crippen molar-refractivity contribution in [2.75, 3.05) is 13.1 Å². The lowest BCUT2D eigenvalue weighted by molar-refractivity contribution is 0.181. The Balaban J connectivity index is 1.45. The number of likely N-dealkylation sites (tertiary alicyclic amines) is 1. The van der Waals surface area contributed by atoms with Crippen molar-refractivity contribution in [2.24, 2.45) is 5.92 Å². The van der Waals surface area contributed by atoms with Crippen LogP contribution in [0.25, 0.3) is 0 Å². The van der Waals surface area contributed by atoms with Crippen LogP contribution in [-0.4, -0.2) is 36.1 Å². The fourth-order valence-corrected chi connectivity index (χ4v) is 4.43. The van der Waals surface area contributed by atoms with Crippen LogP contribution < -0.4 is 5.32 Å². The van der Waals surface area contributed by atoms with Gasteiger partial charge in [0.25, 0.3) is 0 Å². The minimum absolute atomic E-state index is 0.839. The zero-order chi connectivity index (χ0) is 12.4. The summed E-state index contributed by atoms with van der Waals surface area (Å²) in [6, 6.07) is 2.58. The minimum atomic E-state index is 0.839. The lowest BCUT2D eigenvalue weighted by atomic mass is 9.89. The summed E-state index contributed by atoms with van der Waals surface area (Å²) in [6.07, 6.45) is 13.0. The van der Waals surface area contributed by atoms with Crippen LogP contribution >= 0.6 is 0 Å². The molecular weight excluding hydrogens is 220 g/mol. The van der Waals surface area contributed by atoms with Gasteiger partial charge in [0.15, 0.2) is 0 Å². The van der Waals surface area contributed by atoms with E-state index in [1.54, 1.807) is 0 Å². The van der Waals surface area contributed by atoms with Gasteiger partial charge in [-0.2, -0.15) is 0 Å². The monoisotopic (exact) mass is 250 g/mol. The molecule has 3 aliphatic rings. The van der Waals surface area contributed by atoms with Gasteiger partial charge in [0.1, 0.15) is 0 Å². The van der Waals surface area contributed by atoms with E-state index in [1.165, 1.54) is 70.9 Å². The van der Waals surface area contributed by atoms with E-state index in [2.05, 4.69) is 17.1 Å². The summed E-state index contributed by atoms with van der Waals surface area (Å²) in [6.45, 7) is 5.17. The lowest BCUT2D eigenvalue weighted by Crippen LogP contribution is -2.40. The van der Waals surface area contributed by atoms with Gasteiger partial charge in [0.2, 0.25) is 0 Å². The molecule has 0 amide bonds. The molecule has 3 atom stereocenters. The predicted octanol–water partition coefficient (Wildman–Crippen LogP) is 3.17. The second kappa shape index (κ2) is 5.92. The highest BCUT2D eigenvalue weighted by atomic mass is 15.1. The maximum absolute atomic E-state index is 3.76. The van der Waals surface area contributed by atoms with Crippen LogP contribution in [0.3, 0.4) is 0 Å². The number of nitrogens with zero attached hydrogens (tertiary/aromatic N) is 1. The Morgan fingerprint density at radius 1 is 1.00 bits per heavy atom. The normalized spacial score (nSPS) is 41.8. The minimum Gasteiger partial charge on any atom is -0.311 e. The first kappa shape index (κ1) is 12.9. The molecular formula is C16H30N2. The van der Waals surface area contributed by atoms with E-state index >= 15 is 0 Å². The van der Waals surface area contributed by atoms with Gasteiger partial charge in [-0.25, -0.2) is 0 Å². The topological polar surface area (TPSA) is 15.3 Å². The van der Waals surface area contributed by atoms with Gasteiger partial charge >= 0.3 is 0 Å². The molecule has 0 radical (unpaired) electrons. The molecule has 104 valence electrons. The van der Waals surface area contributed by atoms with Crippen molar-refractivity contribution in [3.63, 3.8) is 0 Å². The average Bonchev–Trinajstić information content (AvgIpc) is 2.59. The Labute approximate surface area is 113 Å². The number of fused-ring (bicyclic) bond motifs is 2. The summed E-state index contributed by atoms with van der Waals surface area (Å²) in [7, 11) is 0. The van der Waals surface area contributed by atoms with E-state index in [1.807, 2.05) is 0 Å². The van der Waals surface area contributed by atoms with E-state index in [-0.39, 0.29) is 0 Å². The van der Waals surface area contributed by atoms with Crippen LogP contribution in [0.2, 0.25) is 0 Å². The molecule has 0 saturated carbocycles. The van der Waals surface area contributed by atoms with Gasteiger partial charge in [-0.05, 0) is 70.9 Å². The predicted molar refractivity (Wildman–Crippen MR) is 76.8 cm³/mol. The summed E-state index contributed by atoms with van der Waals surface area (Å²) < 4.78 is 0. The second-order valence-electron chi connectivity index (χ2n) is 7.00. The van der Waals surface area contributed by atoms with E-state index in [0.29, 0.717) is 0 Å². The Kier molecular flexibility index (Phi) is 4.25. The molecule has 2 heteroatoms. The highest BCUT2D eigenvalue weighted by molar-refractivity contribution is 4.92. The summed E-state index contributed by atoms with van der Waals surface area (Å²) in [5, 5.41) is 3.76. The number of rotatable bonds is 3. The lowest BCUT2D eigenvalue weighted by Gasteiger charge is -2.32. The fraction of sp³-hybridized carbons (Fsp3) is 1.00. The summed E-state index contributed by atoms with van der Waals surface area (Å²) in [4.78, 5) is 2.77. The van der Waals surface area contributed by atoms with Crippen LogP contribution in [-0.2, 0) is 0 Å². The molecule has 0 spiro atoms. The molecule has 2 nitrogen and oxygen atoms in total. The summed E-state index contributed by atoms with van der Waals surface area (Å²) in [5.74, 6) is 1.01. The molecule has 1 N–H and O–H groups in total. The van der Waals surface area contributed by atoms with Gasteiger partial charge in [0.05, 0.1) is 0 Å². The Morgan fingerprint density at radius 3 is 2.56 bits per heavy atom. The van der Waals surface area contributed by atoms with E-state index in [0.717, 1.165) is 24.0 Å². The fourth-order valence-electron chi connectivity index (χ4n) is 4.43. The molecule has 3 saturated heterocycles. The van der Waals surface area contributed by atoms with Gasteiger partial charge in [0, 0.05) is 18.1 Å². The van der Waals surface area contributed by atoms with Crippen molar-refractivity contribution in [2.45, 2.75) is 82.8 Å². The summed E-state index contributed by atoms with van der Waals surface area (Å²) >= 11 is 0. The Morgan fingerprint density at radius 2 is 1.78 bits per heavy atom. The molecule has 3 aliphatic heterocycles. The molecule has 0 aromatic heterocycles. The third kappa shape index (κ3) is 3.08. The zero-order valence-corrected chi connectivity index (χ0v) is 12.0. The molecule has 3 unspecified atom stereocenters. The van der Waals surface area contributed by atoms with E-state index in [4.69, 9.17) is 0 Å². The number of piperidine rings is 1. The van der Waals surface area contributed by atoms with Gasteiger partial charge < -0.3 is 10.2 Å². The van der Waals surface area contributed by atoms with Crippen LogP contribution in [0.15, 0.2) is 0 Å².